The average molecular weight is 392 g/mol. The van der Waals surface area contributed by atoms with Crippen molar-refractivity contribution < 1.29 is 14.1 Å². The summed E-state index contributed by atoms with van der Waals surface area (Å²) in [6.45, 7) is 0. The summed E-state index contributed by atoms with van der Waals surface area (Å²) in [6.07, 6.45) is 0.501. The predicted octanol–water partition coefficient (Wildman–Crippen LogP) is 4.62. The van der Waals surface area contributed by atoms with Crippen molar-refractivity contribution in [2.45, 2.75) is 12.8 Å². The molecule has 0 fully saturated rings. The Labute approximate surface area is 160 Å². The highest BCUT2D eigenvalue weighted by atomic mass is 35.5. The zero-order valence-corrected chi connectivity index (χ0v) is 15.3. The molecule has 0 aliphatic rings. The second-order valence-electron chi connectivity index (χ2n) is 5.45. The van der Waals surface area contributed by atoms with E-state index in [4.69, 9.17) is 32.5 Å². The minimum absolute atomic E-state index is 0.184. The maximum absolute atomic E-state index is 12.1. The summed E-state index contributed by atoms with van der Waals surface area (Å²) in [5.41, 5.74) is 1.31. The topological polar surface area (TPSA) is 77.2 Å². The van der Waals surface area contributed by atoms with Gasteiger partial charge in [0.15, 0.2) is 0 Å². The summed E-state index contributed by atoms with van der Waals surface area (Å²) in [5, 5.41) is 7.57. The molecule has 26 heavy (non-hydrogen) atoms. The van der Waals surface area contributed by atoms with E-state index in [-0.39, 0.29) is 12.3 Å². The summed E-state index contributed by atoms with van der Waals surface area (Å²) < 4.78 is 10.4. The van der Waals surface area contributed by atoms with Crippen LogP contribution in [0.2, 0.25) is 10.0 Å². The van der Waals surface area contributed by atoms with Crippen molar-refractivity contribution in [3.05, 3.63) is 58.4 Å². The molecule has 134 valence electrons. The Morgan fingerprint density at radius 3 is 2.69 bits per heavy atom. The molecular weight excluding hydrogens is 377 g/mol. The minimum atomic E-state index is -0.204. The third-order valence-electron chi connectivity index (χ3n) is 3.51. The Bertz CT molecular complexity index is 907. The summed E-state index contributed by atoms with van der Waals surface area (Å²) in [4.78, 5) is 16.4. The number of aryl methyl sites for hydroxylation is 1. The molecule has 3 rings (SSSR count). The van der Waals surface area contributed by atoms with Gasteiger partial charge in [0.25, 0.3) is 0 Å². The zero-order valence-electron chi connectivity index (χ0n) is 13.8. The molecule has 0 spiro atoms. The first-order valence-corrected chi connectivity index (χ1v) is 8.52. The van der Waals surface area contributed by atoms with Gasteiger partial charge in [-0.25, -0.2) is 0 Å². The molecule has 1 N–H and O–H groups in total. The number of methoxy groups -OCH3 is 1. The van der Waals surface area contributed by atoms with E-state index in [1.807, 2.05) is 24.3 Å². The van der Waals surface area contributed by atoms with Crippen molar-refractivity contribution in [1.82, 2.24) is 10.1 Å². The third kappa shape index (κ3) is 4.74. The molecule has 3 aromatic rings. The number of carbonyl (C=O) groups excluding carboxylic acids is 1. The van der Waals surface area contributed by atoms with Gasteiger partial charge in [-0.05, 0) is 30.3 Å². The summed E-state index contributed by atoms with van der Waals surface area (Å²) >= 11 is 11.8. The molecule has 8 heteroatoms. The van der Waals surface area contributed by atoms with Crippen LogP contribution in [0.4, 0.5) is 5.69 Å². The van der Waals surface area contributed by atoms with Gasteiger partial charge in [-0.3, -0.25) is 4.79 Å². The van der Waals surface area contributed by atoms with E-state index >= 15 is 0 Å². The van der Waals surface area contributed by atoms with Crippen molar-refractivity contribution in [1.29, 1.82) is 0 Å². The van der Waals surface area contributed by atoms with E-state index in [0.717, 1.165) is 5.56 Å². The van der Waals surface area contributed by atoms with E-state index in [1.165, 1.54) is 0 Å². The lowest BCUT2D eigenvalue weighted by atomic mass is 10.2. The fraction of sp³-hybridized carbons (Fsp3) is 0.167. The normalized spacial score (nSPS) is 10.6. The van der Waals surface area contributed by atoms with Gasteiger partial charge < -0.3 is 14.6 Å². The number of halogens is 2. The third-order valence-corrected chi connectivity index (χ3v) is 3.94. The van der Waals surface area contributed by atoms with Gasteiger partial charge in [-0.1, -0.05) is 40.5 Å². The Morgan fingerprint density at radius 2 is 1.96 bits per heavy atom. The van der Waals surface area contributed by atoms with Gasteiger partial charge in [0.2, 0.25) is 17.6 Å². The number of nitrogens with zero attached hydrogens (tertiary/aromatic N) is 2. The number of amides is 1. The highest BCUT2D eigenvalue weighted by molar-refractivity contribution is 6.35. The Balaban J connectivity index is 1.59. The van der Waals surface area contributed by atoms with Crippen LogP contribution >= 0.6 is 23.2 Å². The van der Waals surface area contributed by atoms with Crippen LogP contribution in [0.25, 0.3) is 11.4 Å². The van der Waals surface area contributed by atoms with E-state index in [1.54, 1.807) is 25.3 Å². The lowest BCUT2D eigenvalue weighted by Gasteiger charge is -2.05. The number of nitrogens with one attached hydrogen (secondary N) is 1. The largest absolute Gasteiger partial charge is 0.497 e. The number of aromatic nitrogens is 2. The summed E-state index contributed by atoms with van der Waals surface area (Å²) in [6, 6.07) is 12.2. The summed E-state index contributed by atoms with van der Waals surface area (Å²) in [7, 11) is 1.59. The van der Waals surface area contributed by atoms with Crippen LogP contribution in [-0.4, -0.2) is 23.2 Å². The maximum Gasteiger partial charge on any atom is 0.227 e. The smallest absolute Gasteiger partial charge is 0.227 e. The molecule has 2 aromatic carbocycles. The van der Waals surface area contributed by atoms with Crippen molar-refractivity contribution in [3.8, 4) is 17.1 Å². The molecule has 0 aliphatic carbocycles. The molecule has 0 atom stereocenters. The first kappa shape index (κ1) is 18.2. The number of carbonyl (C=O) groups is 1. The molecule has 0 aliphatic heterocycles. The van der Waals surface area contributed by atoms with Crippen LogP contribution < -0.4 is 10.1 Å². The molecule has 0 radical (unpaired) electrons. The van der Waals surface area contributed by atoms with Crippen LogP contribution in [0.1, 0.15) is 12.3 Å². The van der Waals surface area contributed by atoms with Crippen molar-refractivity contribution in [2.75, 3.05) is 12.4 Å². The van der Waals surface area contributed by atoms with Crippen molar-refractivity contribution >= 4 is 34.8 Å². The van der Waals surface area contributed by atoms with Crippen LogP contribution in [0.3, 0.4) is 0 Å². The second-order valence-corrected chi connectivity index (χ2v) is 6.32. The van der Waals surface area contributed by atoms with Crippen LogP contribution in [0, 0.1) is 0 Å². The van der Waals surface area contributed by atoms with E-state index < -0.39 is 0 Å². The standard InChI is InChI=1S/C18H15Cl2N3O3/c1-25-15-4-2-3-11(7-15)18-22-17(26-23-18)6-5-16(24)21-14-9-12(19)8-13(20)10-14/h2-4,7-10H,5-6H2,1H3,(H,21,24). The predicted molar refractivity (Wildman–Crippen MR) is 99.7 cm³/mol. The van der Waals surface area contributed by atoms with Crippen LogP contribution in [-0.2, 0) is 11.2 Å². The van der Waals surface area contributed by atoms with E-state index in [0.29, 0.717) is 39.6 Å². The fourth-order valence-corrected chi connectivity index (χ4v) is 2.83. The Hall–Kier alpha value is -2.57. The van der Waals surface area contributed by atoms with Gasteiger partial charge in [0.1, 0.15) is 5.75 Å². The van der Waals surface area contributed by atoms with Gasteiger partial charge in [0, 0.05) is 34.1 Å². The average Bonchev–Trinajstić information content (AvgIpc) is 3.08. The maximum atomic E-state index is 12.1. The second kappa shape index (κ2) is 8.21. The van der Waals surface area contributed by atoms with E-state index in [9.17, 15) is 4.79 Å². The van der Waals surface area contributed by atoms with Gasteiger partial charge in [-0.15, -0.1) is 0 Å². The van der Waals surface area contributed by atoms with Gasteiger partial charge in [0.05, 0.1) is 7.11 Å². The van der Waals surface area contributed by atoms with Crippen LogP contribution in [0.5, 0.6) is 5.75 Å². The number of anilines is 1. The van der Waals surface area contributed by atoms with Crippen molar-refractivity contribution in [2.24, 2.45) is 0 Å². The molecule has 0 saturated heterocycles. The lowest BCUT2D eigenvalue weighted by Crippen LogP contribution is -2.12. The highest BCUT2D eigenvalue weighted by Gasteiger charge is 2.12. The Morgan fingerprint density at radius 1 is 1.19 bits per heavy atom. The molecule has 1 aromatic heterocycles. The van der Waals surface area contributed by atoms with Gasteiger partial charge >= 0.3 is 0 Å². The number of rotatable bonds is 6. The fourth-order valence-electron chi connectivity index (χ4n) is 2.31. The van der Waals surface area contributed by atoms with Crippen LogP contribution in [0.15, 0.2) is 47.0 Å². The monoisotopic (exact) mass is 391 g/mol. The number of ether oxygens (including phenoxy) is 1. The quantitative estimate of drug-likeness (QED) is 0.662. The summed E-state index contributed by atoms with van der Waals surface area (Å²) in [5.74, 6) is 1.32. The molecule has 0 unspecified atom stereocenters. The van der Waals surface area contributed by atoms with Crippen molar-refractivity contribution in [3.63, 3.8) is 0 Å². The molecular formula is C18H15Cl2N3O3. The highest BCUT2D eigenvalue weighted by Crippen LogP contribution is 2.23. The number of hydrogen-bond donors (Lipinski definition) is 1. The molecule has 1 heterocycles. The molecule has 6 nitrogen and oxygen atoms in total. The van der Waals surface area contributed by atoms with E-state index in [2.05, 4.69) is 15.5 Å². The first-order valence-electron chi connectivity index (χ1n) is 7.76. The molecule has 1 amide bonds. The number of hydrogen-bond acceptors (Lipinski definition) is 5. The first-order chi connectivity index (χ1) is 12.5. The SMILES string of the molecule is COc1cccc(-c2noc(CCC(=O)Nc3cc(Cl)cc(Cl)c3)n2)c1. The minimum Gasteiger partial charge on any atom is -0.497 e. The number of benzene rings is 2. The molecule has 0 saturated carbocycles. The molecule has 0 bridgehead atoms. The zero-order chi connectivity index (χ0) is 18.5. The van der Waals surface area contributed by atoms with Gasteiger partial charge in [-0.2, -0.15) is 4.98 Å². The lowest BCUT2D eigenvalue weighted by molar-refractivity contribution is -0.116. The Kier molecular flexibility index (Phi) is 5.75.